The minimum Gasteiger partial charge on any atom is -0.338 e. The van der Waals surface area contributed by atoms with Crippen LogP contribution in [0.1, 0.15) is 0 Å². The molecular formula is C15H18ClN4O3+. The number of hydrogen-bond donors (Lipinski definition) is 2. The highest BCUT2D eigenvalue weighted by molar-refractivity contribution is 6.34. The number of urea groups is 1. The van der Waals surface area contributed by atoms with Crippen LogP contribution in [0.2, 0.25) is 5.02 Å². The van der Waals surface area contributed by atoms with Gasteiger partial charge in [0.2, 0.25) is 5.91 Å². The van der Waals surface area contributed by atoms with E-state index in [1.54, 1.807) is 18.2 Å². The first kappa shape index (κ1) is 17.1. The number of amides is 4. The van der Waals surface area contributed by atoms with Crippen LogP contribution in [-0.4, -0.2) is 51.2 Å². The van der Waals surface area contributed by atoms with Crippen LogP contribution >= 0.6 is 11.6 Å². The summed E-state index contributed by atoms with van der Waals surface area (Å²) in [6, 6.07) is 5.52. The van der Waals surface area contributed by atoms with Crippen LogP contribution in [0.25, 0.3) is 0 Å². The molecule has 1 aliphatic heterocycles. The van der Waals surface area contributed by atoms with Crippen molar-refractivity contribution in [3.63, 3.8) is 0 Å². The number of barbiturate groups is 1. The van der Waals surface area contributed by atoms with Gasteiger partial charge in [0.15, 0.2) is 5.92 Å². The molecule has 0 saturated carbocycles. The number of nitrogens with one attached hydrogen (secondary N) is 2. The third kappa shape index (κ3) is 4.14. The third-order valence-corrected chi connectivity index (χ3v) is 3.50. The second-order valence-corrected chi connectivity index (χ2v) is 5.87. The highest BCUT2D eigenvalue weighted by Gasteiger charge is 2.40. The van der Waals surface area contributed by atoms with E-state index in [1.807, 2.05) is 14.1 Å². The van der Waals surface area contributed by atoms with Crippen LogP contribution in [0, 0.1) is 5.92 Å². The number of likely N-dealkylation sites (N-methyl/N-ethyl adjacent to an activating group) is 1. The summed E-state index contributed by atoms with van der Waals surface area (Å²) in [6.07, 6.45) is 1.30. The summed E-state index contributed by atoms with van der Waals surface area (Å²) in [6.45, 7) is 1.26. The van der Waals surface area contributed by atoms with Crippen LogP contribution in [-0.2, 0) is 9.59 Å². The molecule has 0 spiro atoms. The first-order chi connectivity index (χ1) is 10.9. The molecule has 1 unspecified atom stereocenters. The largest absolute Gasteiger partial charge is 0.338 e. The number of carbonyl (C=O) groups is 3. The number of halogens is 1. The number of carbonyl (C=O) groups excluding carboxylic acids is 3. The predicted octanol–water partition coefficient (Wildman–Crippen LogP) is -0.246. The lowest BCUT2D eigenvalue weighted by molar-refractivity contribution is -0.856. The first-order valence-electron chi connectivity index (χ1n) is 7.13. The maximum Gasteiger partial charge on any atom is 0.335 e. The molecule has 1 aliphatic rings. The molecule has 1 heterocycles. The summed E-state index contributed by atoms with van der Waals surface area (Å²) in [5.74, 6) is -2.43. The van der Waals surface area contributed by atoms with E-state index in [-0.39, 0.29) is 0 Å². The zero-order valence-electron chi connectivity index (χ0n) is 12.9. The summed E-state index contributed by atoms with van der Waals surface area (Å²) in [5.41, 5.74) is 0.309. The molecule has 7 nitrogen and oxygen atoms in total. The van der Waals surface area contributed by atoms with Crippen LogP contribution < -0.4 is 15.1 Å². The van der Waals surface area contributed by atoms with E-state index >= 15 is 0 Å². The summed E-state index contributed by atoms with van der Waals surface area (Å²) < 4.78 is 0. The number of benzene rings is 1. The number of quaternary nitrogens is 1. The van der Waals surface area contributed by atoms with Gasteiger partial charge in [-0.1, -0.05) is 17.7 Å². The Labute approximate surface area is 138 Å². The molecule has 1 atom stereocenters. The third-order valence-electron chi connectivity index (χ3n) is 3.26. The molecule has 2 N–H and O–H groups in total. The predicted molar refractivity (Wildman–Crippen MR) is 87.0 cm³/mol. The monoisotopic (exact) mass is 337 g/mol. The topological polar surface area (TPSA) is 83.3 Å². The van der Waals surface area contributed by atoms with Gasteiger partial charge in [-0.25, -0.2) is 9.69 Å². The quantitative estimate of drug-likeness (QED) is 0.574. The molecule has 2 rings (SSSR count). The van der Waals surface area contributed by atoms with Crippen molar-refractivity contribution < 1.29 is 19.3 Å². The van der Waals surface area contributed by atoms with E-state index < -0.39 is 23.8 Å². The lowest BCUT2D eigenvalue weighted by Crippen LogP contribution is -3.06. The van der Waals surface area contributed by atoms with E-state index in [0.29, 0.717) is 17.3 Å². The zero-order chi connectivity index (χ0) is 17.0. The van der Waals surface area contributed by atoms with Crippen LogP contribution in [0.5, 0.6) is 0 Å². The smallest absolute Gasteiger partial charge is 0.335 e. The number of anilines is 1. The van der Waals surface area contributed by atoms with E-state index in [4.69, 9.17) is 11.6 Å². The van der Waals surface area contributed by atoms with Crippen molar-refractivity contribution in [2.45, 2.75) is 0 Å². The van der Waals surface area contributed by atoms with Crippen molar-refractivity contribution in [3.05, 3.63) is 29.3 Å². The Morgan fingerprint density at radius 2 is 2.09 bits per heavy atom. The molecule has 23 heavy (non-hydrogen) atoms. The van der Waals surface area contributed by atoms with Crippen LogP contribution in [0.3, 0.4) is 0 Å². The van der Waals surface area contributed by atoms with Gasteiger partial charge in [0.1, 0.15) is 0 Å². The molecule has 122 valence electrons. The first-order valence-corrected chi connectivity index (χ1v) is 7.51. The molecule has 0 aromatic heterocycles. The SMILES string of the molecule is C[NH+](C)CCN=CC1C(=O)NC(=O)N(c2cccc(Cl)c2)C1=O. The summed E-state index contributed by atoms with van der Waals surface area (Å²) in [7, 11) is 3.96. The molecule has 0 radical (unpaired) electrons. The Morgan fingerprint density at radius 3 is 2.74 bits per heavy atom. The maximum absolute atomic E-state index is 12.5. The van der Waals surface area contributed by atoms with Gasteiger partial charge in [-0.3, -0.25) is 19.9 Å². The molecule has 0 bridgehead atoms. The maximum atomic E-state index is 12.5. The Kier molecular flexibility index (Phi) is 5.46. The minimum atomic E-state index is -1.12. The lowest BCUT2D eigenvalue weighted by atomic mass is 10.1. The molecular weight excluding hydrogens is 320 g/mol. The number of imide groups is 2. The summed E-state index contributed by atoms with van der Waals surface area (Å²) in [5, 5.41) is 2.55. The van der Waals surface area contributed by atoms with Crippen molar-refractivity contribution in [2.24, 2.45) is 10.9 Å². The molecule has 1 saturated heterocycles. The zero-order valence-corrected chi connectivity index (χ0v) is 13.6. The van der Waals surface area contributed by atoms with E-state index in [2.05, 4.69) is 10.3 Å². The Morgan fingerprint density at radius 1 is 1.35 bits per heavy atom. The van der Waals surface area contributed by atoms with E-state index in [1.165, 1.54) is 17.2 Å². The van der Waals surface area contributed by atoms with E-state index in [0.717, 1.165) is 11.4 Å². The van der Waals surface area contributed by atoms with Gasteiger partial charge in [-0.05, 0) is 18.2 Å². The average molecular weight is 338 g/mol. The van der Waals surface area contributed by atoms with Gasteiger partial charge < -0.3 is 4.90 Å². The summed E-state index contributed by atoms with van der Waals surface area (Å²) >= 11 is 5.89. The molecule has 8 heteroatoms. The van der Waals surface area contributed by atoms with Crippen molar-refractivity contribution in [1.82, 2.24) is 5.32 Å². The van der Waals surface area contributed by atoms with Crippen LogP contribution in [0.4, 0.5) is 10.5 Å². The van der Waals surface area contributed by atoms with Crippen LogP contribution in [0.15, 0.2) is 29.3 Å². The van der Waals surface area contributed by atoms with Crippen molar-refractivity contribution in [1.29, 1.82) is 0 Å². The van der Waals surface area contributed by atoms with Crippen molar-refractivity contribution in [2.75, 3.05) is 32.1 Å². The molecule has 1 fully saturated rings. The van der Waals surface area contributed by atoms with Gasteiger partial charge >= 0.3 is 6.03 Å². The fraction of sp³-hybridized carbons (Fsp3) is 0.333. The lowest BCUT2D eigenvalue weighted by Gasteiger charge is -2.28. The molecule has 1 aromatic carbocycles. The second kappa shape index (κ2) is 7.34. The van der Waals surface area contributed by atoms with Gasteiger partial charge in [-0.2, -0.15) is 0 Å². The molecule has 4 amide bonds. The Bertz CT molecular complexity index is 660. The number of rotatable bonds is 5. The molecule has 1 aromatic rings. The fourth-order valence-corrected chi connectivity index (χ4v) is 2.23. The Balaban J connectivity index is 2.20. The fourth-order valence-electron chi connectivity index (χ4n) is 2.05. The second-order valence-electron chi connectivity index (χ2n) is 5.44. The van der Waals surface area contributed by atoms with Gasteiger partial charge in [-0.15, -0.1) is 0 Å². The van der Waals surface area contributed by atoms with Crippen molar-refractivity contribution >= 4 is 41.3 Å². The van der Waals surface area contributed by atoms with Gasteiger partial charge in [0.05, 0.1) is 32.9 Å². The Hall–Kier alpha value is -2.25. The minimum absolute atomic E-state index is 0.309. The number of aliphatic imine (C=N–C) groups is 1. The number of nitrogens with zero attached hydrogens (tertiary/aromatic N) is 2. The highest BCUT2D eigenvalue weighted by Crippen LogP contribution is 2.23. The average Bonchev–Trinajstić information content (AvgIpc) is 2.45. The van der Waals surface area contributed by atoms with E-state index in [9.17, 15) is 14.4 Å². The molecule has 0 aliphatic carbocycles. The number of hydrogen-bond acceptors (Lipinski definition) is 4. The normalized spacial score (nSPS) is 18.9. The summed E-state index contributed by atoms with van der Waals surface area (Å²) in [4.78, 5) is 42.6. The van der Waals surface area contributed by atoms with Gasteiger partial charge in [0.25, 0.3) is 5.91 Å². The standard InChI is InChI=1S/C15H17ClN4O3/c1-19(2)7-6-17-9-12-13(21)18-15(23)20(14(12)22)11-5-3-4-10(16)8-11/h3-5,8-9,12H,6-7H2,1-2H3,(H,18,21,23)/p+1. The van der Waals surface area contributed by atoms with Gasteiger partial charge in [0, 0.05) is 11.2 Å². The van der Waals surface area contributed by atoms with Crippen molar-refractivity contribution in [3.8, 4) is 0 Å². The highest BCUT2D eigenvalue weighted by atomic mass is 35.5.